The van der Waals surface area contributed by atoms with E-state index in [2.05, 4.69) is 27.7 Å². The molecule has 4 unspecified atom stereocenters. The van der Waals surface area contributed by atoms with Crippen molar-refractivity contribution < 1.29 is 0 Å². The lowest BCUT2D eigenvalue weighted by Gasteiger charge is -2.29. The molecule has 102 valence electrons. The second-order valence-electron chi connectivity index (χ2n) is 6.81. The minimum atomic E-state index is 0.957. The summed E-state index contributed by atoms with van der Waals surface area (Å²) < 4.78 is 0. The average molecular weight is 238 g/mol. The van der Waals surface area contributed by atoms with E-state index in [-0.39, 0.29) is 0 Å². The predicted molar refractivity (Wildman–Crippen MR) is 78.2 cm³/mol. The van der Waals surface area contributed by atoms with E-state index in [0.29, 0.717) is 0 Å². The second-order valence-corrected chi connectivity index (χ2v) is 6.81. The Morgan fingerprint density at radius 1 is 1.00 bits per heavy atom. The minimum absolute atomic E-state index is 0.957. The highest BCUT2D eigenvalue weighted by molar-refractivity contribution is 4.72. The molecule has 4 atom stereocenters. The van der Waals surface area contributed by atoms with Crippen LogP contribution in [0.5, 0.6) is 0 Å². The Kier molecular flexibility index (Phi) is 7.23. The summed E-state index contributed by atoms with van der Waals surface area (Å²) in [6.07, 6.45) is 13.2. The largest absolute Gasteiger partial charge is 0.0654 e. The third-order valence-corrected chi connectivity index (χ3v) is 5.05. The quantitative estimate of drug-likeness (QED) is 0.546. The molecule has 0 spiro atoms. The lowest BCUT2D eigenvalue weighted by Crippen LogP contribution is -2.17. The van der Waals surface area contributed by atoms with Gasteiger partial charge in [0.05, 0.1) is 0 Å². The van der Waals surface area contributed by atoms with Crippen LogP contribution in [0, 0.1) is 23.7 Å². The van der Waals surface area contributed by atoms with Gasteiger partial charge in [0.15, 0.2) is 0 Å². The Bertz CT molecular complexity index is 184. The molecular formula is C17H34. The summed E-state index contributed by atoms with van der Waals surface area (Å²) in [6, 6.07) is 0. The standard InChI is InChI=1S/C17H34/c1-5-8-14(2)11-12-17-10-7-6-9-15(3)16(4)13-17/h14-17H,5-13H2,1-4H3. The summed E-state index contributed by atoms with van der Waals surface area (Å²) in [5.74, 6) is 3.91. The third kappa shape index (κ3) is 5.93. The Morgan fingerprint density at radius 2 is 1.71 bits per heavy atom. The van der Waals surface area contributed by atoms with Crippen LogP contribution in [0.1, 0.15) is 85.5 Å². The van der Waals surface area contributed by atoms with E-state index in [1.807, 2.05) is 0 Å². The van der Waals surface area contributed by atoms with Gasteiger partial charge in [-0.05, 0) is 30.1 Å². The van der Waals surface area contributed by atoms with Crippen LogP contribution >= 0.6 is 0 Å². The zero-order chi connectivity index (χ0) is 12.7. The van der Waals surface area contributed by atoms with Crippen molar-refractivity contribution in [2.75, 3.05) is 0 Å². The van der Waals surface area contributed by atoms with E-state index >= 15 is 0 Å². The van der Waals surface area contributed by atoms with Crippen molar-refractivity contribution in [3.8, 4) is 0 Å². The highest BCUT2D eigenvalue weighted by Crippen LogP contribution is 2.33. The summed E-state index contributed by atoms with van der Waals surface area (Å²) in [6.45, 7) is 9.71. The fourth-order valence-electron chi connectivity index (χ4n) is 3.48. The Hall–Kier alpha value is 0. The lowest BCUT2D eigenvalue weighted by atomic mass is 9.77. The smallest absolute Gasteiger partial charge is 0.0412 e. The van der Waals surface area contributed by atoms with Gasteiger partial charge in [-0.25, -0.2) is 0 Å². The van der Waals surface area contributed by atoms with Gasteiger partial charge >= 0.3 is 0 Å². The maximum Gasteiger partial charge on any atom is -0.0412 e. The van der Waals surface area contributed by atoms with Crippen LogP contribution in [-0.4, -0.2) is 0 Å². The van der Waals surface area contributed by atoms with Crippen molar-refractivity contribution in [2.24, 2.45) is 23.7 Å². The molecule has 1 aliphatic rings. The zero-order valence-corrected chi connectivity index (χ0v) is 12.7. The molecule has 1 rings (SSSR count). The molecule has 0 amide bonds. The topological polar surface area (TPSA) is 0 Å². The molecule has 17 heavy (non-hydrogen) atoms. The van der Waals surface area contributed by atoms with Gasteiger partial charge in [0, 0.05) is 0 Å². The second kappa shape index (κ2) is 8.16. The van der Waals surface area contributed by atoms with E-state index in [1.54, 1.807) is 0 Å². The monoisotopic (exact) mass is 238 g/mol. The average Bonchev–Trinajstić information content (AvgIpc) is 2.29. The molecular weight excluding hydrogens is 204 g/mol. The van der Waals surface area contributed by atoms with E-state index in [1.165, 1.54) is 57.8 Å². The summed E-state index contributed by atoms with van der Waals surface area (Å²) in [4.78, 5) is 0. The molecule has 1 fully saturated rings. The van der Waals surface area contributed by atoms with E-state index in [0.717, 1.165) is 23.7 Å². The van der Waals surface area contributed by atoms with E-state index < -0.39 is 0 Å². The molecule has 0 saturated heterocycles. The molecule has 0 N–H and O–H groups in total. The summed E-state index contributed by atoms with van der Waals surface area (Å²) in [5.41, 5.74) is 0. The summed E-state index contributed by atoms with van der Waals surface area (Å²) in [7, 11) is 0. The Labute approximate surface area is 110 Å². The van der Waals surface area contributed by atoms with Gasteiger partial charge in [-0.1, -0.05) is 79.1 Å². The van der Waals surface area contributed by atoms with Gasteiger partial charge in [0.25, 0.3) is 0 Å². The molecule has 0 aromatic rings. The Balaban J connectivity index is 2.30. The molecule has 1 saturated carbocycles. The van der Waals surface area contributed by atoms with Crippen molar-refractivity contribution in [3.63, 3.8) is 0 Å². The highest BCUT2D eigenvalue weighted by Gasteiger charge is 2.21. The minimum Gasteiger partial charge on any atom is -0.0654 e. The van der Waals surface area contributed by atoms with Crippen LogP contribution in [-0.2, 0) is 0 Å². The summed E-state index contributed by atoms with van der Waals surface area (Å²) >= 11 is 0. The molecule has 0 bridgehead atoms. The lowest BCUT2D eigenvalue weighted by molar-refractivity contribution is 0.228. The first-order chi connectivity index (χ1) is 8.13. The van der Waals surface area contributed by atoms with Gasteiger partial charge in [-0.2, -0.15) is 0 Å². The van der Waals surface area contributed by atoms with E-state index in [9.17, 15) is 0 Å². The van der Waals surface area contributed by atoms with Crippen LogP contribution in [0.4, 0.5) is 0 Å². The van der Waals surface area contributed by atoms with Crippen molar-refractivity contribution in [3.05, 3.63) is 0 Å². The van der Waals surface area contributed by atoms with Crippen molar-refractivity contribution in [1.82, 2.24) is 0 Å². The zero-order valence-electron chi connectivity index (χ0n) is 12.7. The van der Waals surface area contributed by atoms with Gasteiger partial charge in [0.2, 0.25) is 0 Å². The van der Waals surface area contributed by atoms with Crippen molar-refractivity contribution in [1.29, 1.82) is 0 Å². The van der Waals surface area contributed by atoms with Crippen molar-refractivity contribution >= 4 is 0 Å². The Morgan fingerprint density at radius 3 is 2.41 bits per heavy atom. The van der Waals surface area contributed by atoms with Crippen molar-refractivity contribution in [2.45, 2.75) is 85.5 Å². The number of hydrogen-bond acceptors (Lipinski definition) is 0. The van der Waals surface area contributed by atoms with Crippen LogP contribution in [0.3, 0.4) is 0 Å². The number of hydrogen-bond donors (Lipinski definition) is 0. The maximum atomic E-state index is 2.48. The van der Waals surface area contributed by atoms with Crippen LogP contribution in [0.2, 0.25) is 0 Å². The van der Waals surface area contributed by atoms with Gasteiger partial charge in [0.1, 0.15) is 0 Å². The van der Waals surface area contributed by atoms with Gasteiger partial charge in [-0.15, -0.1) is 0 Å². The SMILES string of the molecule is CCCC(C)CCC1CCCCC(C)C(C)C1. The molecule has 0 nitrogen and oxygen atoms in total. The van der Waals surface area contributed by atoms with Crippen LogP contribution in [0.25, 0.3) is 0 Å². The summed E-state index contributed by atoms with van der Waals surface area (Å²) in [5, 5.41) is 0. The molecule has 0 heteroatoms. The highest BCUT2D eigenvalue weighted by atomic mass is 14.3. The maximum absolute atomic E-state index is 2.48. The molecule has 0 aliphatic heterocycles. The number of rotatable bonds is 5. The first kappa shape index (κ1) is 15.1. The first-order valence-corrected chi connectivity index (χ1v) is 8.13. The van der Waals surface area contributed by atoms with E-state index in [4.69, 9.17) is 0 Å². The molecule has 0 aromatic heterocycles. The normalized spacial score (nSPS) is 32.8. The molecule has 0 heterocycles. The van der Waals surface area contributed by atoms with Crippen LogP contribution in [0.15, 0.2) is 0 Å². The van der Waals surface area contributed by atoms with Gasteiger partial charge in [-0.3, -0.25) is 0 Å². The predicted octanol–water partition coefficient (Wildman–Crippen LogP) is 6.06. The van der Waals surface area contributed by atoms with Gasteiger partial charge < -0.3 is 0 Å². The first-order valence-electron chi connectivity index (χ1n) is 8.13. The fraction of sp³-hybridized carbons (Fsp3) is 1.00. The fourth-order valence-corrected chi connectivity index (χ4v) is 3.48. The van der Waals surface area contributed by atoms with Crippen LogP contribution < -0.4 is 0 Å². The third-order valence-electron chi connectivity index (χ3n) is 5.05. The molecule has 0 aromatic carbocycles. The molecule has 0 radical (unpaired) electrons. The molecule has 1 aliphatic carbocycles.